The Labute approximate surface area is 164 Å². The zero-order valence-electron chi connectivity index (χ0n) is 14.8. The van der Waals surface area contributed by atoms with Gasteiger partial charge in [-0.05, 0) is 31.5 Å². The summed E-state index contributed by atoms with van der Waals surface area (Å²) in [5.74, 6) is 1.71. The first kappa shape index (κ1) is 20.6. The Bertz CT molecular complexity index is 663. The van der Waals surface area contributed by atoms with Gasteiger partial charge in [0.15, 0.2) is 5.96 Å². The zero-order valence-corrected chi connectivity index (χ0v) is 17.9. The molecule has 0 aliphatic heterocycles. The molecule has 0 aliphatic rings. The molecule has 2 aromatic heterocycles. The predicted octanol–water partition coefficient (Wildman–Crippen LogP) is 2.70. The van der Waals surface area contributed by atoms with Crippen molar-refractivity contribution in [3.05, 3.63) is 39.5 Å². The first-order chi connectivity index (χ1) is 11.0. The molecular formula is C16H25IN6S. The highest BCUT2D eigenvalue weighted by Gasteiger charge is 2.05. The molecule has 0 bridgehead atoms. The number of halogens is 1. The molecule has 0 saturated heterocycles. The molecule has 0 aromatic carbocycles. The van der Waals surface area contributed by atoms with E-state index >= 15 is 0 Å². The lowest BCUT2D eigenvalue weighted by atomic mass is 10.2. The largest absolute Gasteiger partial charge is 0.363 e. The van der Waals surface area contributed by atoms with Crippen molar-refractivity contribution in [1.82, 2.24) is 20.6 Å². The quantitative estimate of drug-likeness (QED) is 0.408. The summed E-state index contributed by atoms with van der Waals surface area (Å²) in [7, 11) is 5.74. The Balaban J connectivity index is 0.00000288. The standard InChI is InChI=1S/C16H24N6S.HI/c1-11-12(2)23-15(21-11)10-20-16(17-3)19-9-13-6-7-18-14(8-13)22(4)5;/h6-8H,9-10H2,1-5H3,(H2,17,19,20);1H. The van der Waals surface area contributed by atoms with Crippen molar-refractivity contribution in [3.63, 3.8) is 0 Å². The summed E-state index contributed by atoms with van der Waals surface area (Å²) in [4.78, 5) is 16.3. The highest BCUT2D eigenvalue weighted by molar-refractivity contribution is 14.0. The Kier molecular flexibility index (Phi) is 8.40. The molecule has 132 valence electrons. The number of nitrogens with zero attached hydrogens (tertiary/aromatic N) is 4. The van der Waals surface area contributed by atoms with Crippen molar-refractivity contribution >= 4 is 47.1 Å². The van der Waals surface area contributed by atoms with Crippen molar-refractivity contribution < 1.29 is 0 Å². The van der Waals surface area contributed by atoms with Gasteiger partial charge in [-0.3, -0.25) is 4.99 Å². The molecule has 0 aliphatic carbocycles. The number of aliphatic imine (C=N–C) groups is 1. The topological polar surface area (TPSA) is 65.4 Å². The number of thiazole rings is 1. The van der Waals surface area contributed by atoms with Crippen LogP contribution < -0.4 is 15.5 Å². The summed E-state index contributed by atoms with van der Waals surface area (Å²) in [5, 5.41) is 7.68. The summed E-state index contributed by atoms with van der Waals surface area (Å²) < 4.78 is 0. The van der Waals surface area contributed by atoms with Crippen molar-refractivity contribution in [2.75, 3.05) is 26.0 Å². The van der Waals surface area contributed by atoms with Crippen LogP contribution in [0.15, 0.2) is 23.3 Å². The third-order valence-corrected chi connectivity index (χ3v) is 4.50. The second-order valence-electron chi connectivity index (χ2n) is 5.45. The molecule has 6 nitrogen and oxygen atoms in total. The second-order valence-corrected chi connectivity index (χ2v) is 6.73. The summed E-state index contributed by atoms with van der Waals surface area (Å²) in [6.45, 7) is 5.50. The summed E-state index contributed by atoms with van der Waals surface area (Å²) >= 11 is 1.72. The summed E-state index contributed by atoms with van der Waals surface area (Å²) in [6.07, 6.45) is 1.82. The van der Waals surface area contributed by atoms with Gasteiger partial charge in [-0.15, -0.1) is 35.3 Å². The number of hydrogen-bond acceptors (Lipinski definition) is 5. The summed E-state index contributed by atoms with van der Waals surface area (Å²) in [6, 6.07) is 4.06. The lowest BCUT2D eigenvalue weighted by Gasteiger charge is -2.14. The Morgan fingerprint density at radius 1 is 1.25 bits per heavy atom. The summed E-state index contributed by atoms with van der Waals surface area (Å²) in [5.41, 5.74) is 2.26. The van der Waals surface area contributed by atoms with Crippen molar-refractivity contribution in [2.24, 2.45) is 4.99 Å². The number of hydrogen-bond donors (Lipinski definition) is 2. The number of rotatable bonds is 5. The molecule has 2 aromatic rings. The van der Waals surface area contributed by atoms with E-state index < -0.39 is 0 Å². The average Bonchev–Trinajstić information content (AvgIpc) is 2.86. The van der Waals surface area contributed by atoms with E-state index in [0.717, 1.165) is 28.0 Å². The molecule has 8 heteroatoms. The van der Waals surface area contributed by atoms with Crippen LogP contribution in [0.2, 0.25) is 0 Å². The molecule has 0 unspecified atom stereocenters. The van der Waals surface area contributed by atoms with E-state index in [9.17, 15) is 0 Å². The monoisotopic (exact) mass is 460 g/mol. The molecule has 0 saturated carbocycles. The van der Waals surface area contributed by atoms with Gasteiger partial charge in [0.2, 0.25) is 0 Å². The first-order valence-electron chi connectivity index (χ1n) is 7.49. The van der Waals surface area contributed by atoms with Gasteiger partial charge in [-0.25, -0.2) is 9.97 Å². The number of aromatic nitrogens is 2. The molecule has 0 fully saturated rings. The fourth-order valence-electron chi connectivity index (χ4n) is 2.00. The van der Waals surface area contributed by atoms with Gasteiger partial charge in [0.25, 0.3) is 0 Å². The van der Waals surface area contributed by atoms with E-state index in [1.165, 1.54) is 4.88 Å². The van der Waals surface area contributed by atoms with Gasteiger partial charge in [-0.2, -0.15) is 0 Å². The highest BCUT2D eigenvalue weighted by Crippen LogP contribution is 2.15. The van der Waals surface area contributed by atoms with Crippen molar-refractivity contribution in [3.8, 4) is 0 Å². The van der Waals surface area contributed by atoms with Gasteiger partial charge < -0.3 is 15.5 Å². The maximum atomic E-state index is 4.53. The fourth-order valence-corrected chi connectivity index (χ4v) is 2.87. The van der Waals surface area contributed by atoms with Crippen LogP contribution in [0.1, 0.15) is 21.1 Å². The van der Waals surface area contributed by atoms with Gasteiger partial charge in [0.05, 0.1) is 12.2 Å². The van der Waals surface area contributed by atoms with Crippen LogP contribution in [0.3, 0.4) is 0 Å². The average molecular weight is 460 g/mol. The maximum absolute atomic E-state index is 4.53. The molecule has 2 heterocycles. The Morgan fingerprint density at radius 2 is 1.96 bits per heavy atom. The van der Waals surface area contributed by atoms with Crippen LogP contribution in [0.4, 0.5) is 5.82 Å². The van der Waals surface area contributed by atoms with E-state index in [4.69, 9.17) is 0 Å². The minimum Gasteiger partial charge on any atom is -0.363 e. The van der Waals surface area contributed by atoms with Crippen LogP contribution >= 0.6 is 35.3 Å². The Hall–Kier alpha value is -1.42. The van der Waals surface area contributed by atoms with Crippen molar-refractivity contribution in [1.29, 1.82) is 0 Å². The van der Waals surface area contributed by atoms with Crippen LogP contribution in [0.5, 0.6) is 0 Å². The molecule has 2 N–H and O–H groups in total. The normalized spacial score (nSPS) is 11.0. The highest BCUT2D eigenvalue weighted by atomic mass is 127. The van der Waals surface area contributed by atoms with Gasteiger partial charge in [0, 0.05) is 38.8 Å². The van der Waals surface area contributed by atoms with Crippen LogP contribution in [-0.4, -0.2) is 37.1 Å². The number of aryl methyl sites for hydroxylation is 2. The minimum atomic E-state index is 0. The fraction of sp³-hybridized carbons (Fsp3) is 0.438. The van der Waals surface area contributed by atoms with E-state index in [1.54, 1.807) is 18.4 Å². The number of anilines is 1. The smallest absolute Gasteiger partial charge is 0.191 e. The SMILES string of the molecule is CN=C(NCc1ccnc(N(C)C)c1)NCc1nc(C)c(C)s1.I. The second kappa shape index (κ2) is 9.77. The molecule has 0 atom stereocenters. The Morgan fingerprint density at radius 3 is 2.54 bits per heavy atom. The molecule has 2 rings (SSSR count). The molecule has 0 amide bonds. The van der Waals surface area contributed by atoms with Crippen molar-refractivity contribution in [2.45, 2.75) is 26.9 Å². The molecule has 0 radical (unpaired) electrons. The van der Waals surface area contributed by atoms with Gasteiger partial charge >= 0.3 is 0 Å². The molecule has 24 heavy (non-hydrogen) atoms. The van der Waals surface area contributed by atoms with Crippen LogP contribution in [-0.2, 0) is 13.1 Å². The molecular weight excluding hydrogens is 435 g/mol. The van der Waals surface area contributed by atoms with E-state index in [1.807, 2.05) is 38.2 Å². The van der Waals surface area contributed by atoms with E-state index in [2.05, 4.69) is 38.6 Å². The minimum absolute atomic E-state index is 0. The van der Waals surface area contributed by atoms with Gasteiger partial charge in [0.1, 0.15) is 10.8 Å². The third-order valence-electron chi connectivity index (χ3n) is 3.43. The zero-order chi connectivity index (χ0) is 16.8. The lowest BCUT2D eigenvalue weighted by Crippen LogP contribution is -2.36. The van der Waals surface area contributed by atoms with Crippen LogP contribution in [0.25, 0.3) is 0 Å². The van der Waals surface area contributed by atoms with E-state index in [0.29, 0.717) is 13.1 Å². The number of nitrogens with one attached hydrogen (secondary N) is 2. The number of pyridine rings is 1. The molecule has 0 spiro atoms. The predicted molar refractivity (Wildman–Crippen MR) is 113 cm³/mol. The van der Waals surface area contributed by atoms with E-state index in [-0.39, 0.29) is 24.0 Å². The number of guanidine groups is 1. The lowest BCUT2D eigenvalue weighted by molar-refractivity contribution is 0.802. The van der Waals surface area contributed by atoms with Gasteiger partial charge in [-0.1, -0.05) is 0 Å². The maximum Gasteiger partial charge on any atom is 0.191 e. The third kappa shape index (κ3) is 5.90. The first-order valence-corrected chi connectivity index (χ1v) is 8.31. The van der Waals surface area contributed by atoms with Crippen LogP contribution in [0, 0.1) is 13.8 Å².